The van der Waals surface area contributed by atoms with Crippen molar-refractivity contribution in [3.8, 4) is 0 Å². The lowest BCUT2D eigenvalue weighted by Gasteiger charge is -2.06. The van der Waals surface area contributed by atoms with Gasteiger partial charge in [-0.15, -0.1) is 0 Å². The molecule has 0 amide bonds. The molecule has 0 aliphatic rings. The Labute approximate surface area is 121 Å². The van der Waals surface area contributed by atoms with Crippen LogP contribution in [-0.4, -0.2) is 10.8 Å². The van der Waals surface area contributed by atoms with Crippen molar-refractivity contribution in [2.24, 2.45) is 5.73 Å². The van der Waals surface area contributed by atoms with E-state index < -0.39 is 4.92 Å². The number of hydrogen-bond acceptors (Lipinski definition) is 4. The molecule has 2 aromatic carbocycles. The topological polar surface area (TPSA) is 102 Å². The Morgan fingerprint density at radius 2 is 1.95 bits per heavy atom. The molecule has 0 fully saturated rings. The number of nitrogens with zero attached hydrogens (tertiary/aromatic N) is 1. The van der Waals surface area contributed by atoms with Crippen LogP contribution in [0.2, 0.25) is 0 Å². The van der Waals surface area contributed by atoms with Gasteiger partial charge in [0.1, 0.15) is 5.84 Å². The number of benzene rings is 2. The van der Waals surface area contributed by atoms with Gasteiger partial charge < -0.3 is 10.5 Å². The molecule has 0 aliphatic heterocycles. The van der Waals surface area contributed by atoms with Gasteiger partial charge in [-0.05, 0) is 17.7 Å². The van der Waals surface area contributed by atoms with Crippen molar-refractivity contribution in [1.29, 1.82) is 5.41 Å². The number of nitrogens with two attached hydrogens (primary N) is 1. The van der Waals surface area contributed by atoms with Crippen molar-refractivity contribution in [1.82, 2.24) is 0 Å². The van der Waals surface area contributed by atoms with Gasteiger partial charge in [0.25, 0.3) is 5.69 Å². The second kappa shape index (κ2) is 6.62. The van der Waals surface area contributed by atoms with Crippen LogP contribution in [0.5, 0.6) is 0 Å². The van der Waals surface area contributed by atoms with Gasteiger partial charge in [-0.2, -0.15) is 0 Å². The summed E-state index contributed by atoms with van der Waals surface area (Å²) in [5.74, 6) is -0.00412. The molecule has 0 atom stereocenters. The Balaban J connectivity index is 2.00. The van der Waals surface area contributed by atoms with Gasteiger partial charge in [-0.3, -0.25) is 15.5 Å². The largest absolute Gasteiger partial charge is 0.384 e. The molecule has 2 aromatic rings. The number of rotatable bonds is 6. The third kappa shape index (κ3) is 3.87. The Bertz CT molecular complexity index is 671. The molecule has 6 heteroatoms. The van der Waals surface area contributed by atoms with E-state index >= 15 is 0 Å². The van der Waals surface area contributed by atoms with Crippen LogP contribution in [0.15, 0.2) is 48.5 Å². The number of nitro groups is 1. The molecule has 0 radical (unpaired) electrons. The summed E-state index contributed by atoms with van der Waals surface area (Å²) in [7, 11) is 0. The fourth-order valence-corrected chi connectivity index (χ4v) is 1.92. The monoisotopic (exact) mass is 285 g/mol. The standard InChI is InChI=1S/C15H15N3O3/c16-15(17)12-6-3-4-11(8-12)9-21-10-13-5-1-2-7-14(13)18(19)20/h1-8H,9-10H2,(H3,16,17). The maximum atomic E-state index is 10.9. The molecule has 0 unspecified atom stereocenters. The Morgan fingerprint density at radius 3 is 2.67 bits per heavy atom. The molecule has 6 nitrogen and oxygen atoms in total. The molecular formula is C15H15N3O3. The molecule has 0 spiro atoms. The van der Waals surface area contributed by atoms with E-state index in [0.29, 0.717) is 17.7 Å². The van der Waals surface area contributed by atoms with Crippen LogP contribution >= 0.6 is 0 Å². The molecule has 21 heavy (non-hydrogen) atoms. The summed E-state index contributed by atoms with van der Waals surface area (Å²) in [6, 6.07) is 13.6. The van der Waals surface area contributed by atoms with Crippen LogP contribution in [0.4, 0.5) is 5.69 Å². The van der Waals surface area contributed by atoms with E-state index in [0.717, 1.165) is 5.56 Å². The second-order valence-corrected chi connectivity index (χ2v) is 4.49. The molecule has 108 valence electrons. The van der Waals surface area contributed by atoms with Crippen molar-refractivity contribution >= 4 is 11.5 Å². The predicted octanol–water partition coefficient (Wildman–Crippen LogP) is 2.60. The van der Waals surface area contributed by atoms with Gasteiger partial charge in [0, 0.05) is 11.6 Å². The van der Waals surface area contributed by atoms with Gasteiger partial charge in [0.15, 0.2) is 0 Å². The van der Waals surface area contributed by atoms with Crippen molar-refractivity contribution < 1.29 is 9.66 Å². The van der Waals surface area contributed by atoms with E-state index in [1.54, 1.807) is 36.4 Å². The predicted molar refractivity (Wildman–Crippen MR) is 79.0 cm³/mol. The third-order valence-corrected chi connectivity index (χ3v) is 2.95. The summed E-state index contributed by atoms with van der Waals surface area (Å²) < 4.78 is 5.52. The highest BCUT2D eigenvalue weighted by atomic mass is 16.6. The fraction of sp³-hybridized carbons (Fsp3) is 0.133. The van der Waals surface area contributed by atoms with E-state index in [-0.39, 0.29) is 18.1 Å². The molecular weight excluding hydrogens is 270 g/mol. The van der Waals surface area contributed by atoms with Crippen LogP contribution in [0.3, 0.4) is 0 Å². The average Bonchev–Trinajstić information content (AvgIpc) is 2.48. The second-order valence-electron chi connectivity index (χ2n) is 4.49. The number of nitrogen functional groups attached to an aromatic ring is 1. The number of ether oxygens (including phenoxy) is 1. The first-order valence-electron chi connectivity index (χ1n) is 6.31. The third-order valence-electron chi connectivity index (χ3n) is 2.95. The van der Waals surface area contributed by atoms with Crippen LogP contribution in [-0.2, 0) is 18.0 Å². The summed E-state index contributed by atoms with van der Waals surface area (Å²) in [6.45, 7) is 0.453. The van der Waals surface area contributed by atoms with Gasteiger partial charge in [0.2, 0.25) is 0 Å². The lowest BCUT2D eigenvalue weighted by Crippen LogP contribution is -2.11. The van der Waals surface area contributed by atoms with Gasteiger partial charge in [0.05, 0.1) is 23.7 Å². The first-order chi connectivity index (χ1) is 10.1. The minimum atomic E-state index is -0.422. The zero-order chi connectivity index (χ0) is 15.2. The van der Waals surface area contributed by atoms with Gasteiger partial charge in [-0.1, -0.05) is 30.3 Å². The average molecular weight is 285 g/mol. The van der Waals surface area contributed by atoms with Crippen molar-refractivity contribution in [2.45, 2.75) is 13.2 Å². The molecule has 0 aliphatic carbocycles. The van der Waals surface area contributed by atoms with E-state index in [4.69, 9.17) is 15.9 Å². The Kier molecular flexibility index (Phi) is 4.63. The summed E-state index contributed by atoms with van der Waals surface area (Å²) in [5.41, 5.74) is 7.50. The lowest BCUT2D eigenvalue weighted by atomic mass is 10.1. The molecule has 0 saturated heterocycles. The van der Waals surface area contributed by atoms with E-state index in [9.17, 15) is 10.1 Å². The van der Waals surface area contributed by atoms with Crippen LogP contribution in [0, 0.1) is 15.5 Å². The Hall–Kier alpha value is -2.73. The van der Waals surface area contributed by atoms with Gasteiger partial charge >= 0.3 is 0 Å². The fourth-order valence-electron chi connectivity index (χ4n) is 1.92. The van der Waals surface area contributed by atoms with Gasteiger partial charge in [-0.25, -0.2) is 0 Å². The first-order valence-corrected chi connectivity index (χ1v) is 6.31. The molecule has 0 saturated carbocycles. The maximum Gasteiger partial charge on any atom is 0.274 e. The number of hydrogen-bond donors (Lipinski definition) is 2. The van der Waals surface area contributed by atoms with Crippen molar-refractivity contribution in [3.63, 3.8) is 0 Å². The highest BCUT2D eigenvalue weighted by Gasteiger charge is 2.12. The summed E-state index contributed by atoms with van der Waals surface area (Å²) in [4.78, 5) is 10.5. The normalized spacial score (nSPS) is 10.3. The number of nitro benzene ring substituents is 1. The molecule has 0 aromatic heterocycles. The minimum absolute atomic E-state index is 0.00412. The SMILES string of the molecule is N=C(N)c1cccc(COCc2ccccc2[N+](=O)[O-])c1. The Morgan fingerprint density at radius 1 is 1.19 bits per heavy atom. The zero-order valence-electron chi connectivity index (χ0n) is 11.3. The zero-order valence-corrected chi connectivity index (χ0v) is 11.3. The van der Waals surface area contributed by atoms with E-state index in [2.05, 4.69) is 0 Å². The van der Waals surface area contributed by atoms with Crippen molar-refractivity contribution in [2.75, 3.05) is 0 Å². The smallest absolute Gasteiger partial charge is 0.274 e. The minimum Gasteiger partial charge on any atom is -0.384 e. The summed E-state index contributed by atoms with van der Waals surface area (Å²) in [5, 5.41) is 18.3. The highest BCUT2D eigenvalue weighted by Crippen LogP contribution is 2.19. The van der Waals surface area contributed by atoms with Crippen LogP contribution < -0.4 is 5.73 Å². The number of para-hydroxylation sites is 1. The maximum absolute atomic E-state index is 10.9. The van der Waals surface area contributed by atoms with Crippen molar-refractivity contribution in [3.05, 3.63) is 75.3 Å². The highest BCUT2D eigenvalue weighted by molar-refractivity contribution is 5.95. The first kappa shape index (κ1) is 14.7. The lowest BCUT2D eigenvalue weighted by molar-refractivity contribution is -0.386. The molecule has 0 bridgehead atoms. The molecule has 3 N–H and O–H groups in total. The quantitative estimate of drug-likeness (QED) is 0.368. The van der Waals surface area contributed by atoms with Crippen LogP contribution in [0.1, 0.15) is 16.7 Å². The van der Waals surface area contributed by atoms with Crippen LogP contribution in [0.25, 0.3) is 0 Å². The van der Waals surface area contributed by atoms with E-state index in [1.807, 2.05) is 6.07 Å². The molecule has 0 heterocycles. The number of amidine groups is 1. The summed E-state index contributed by atoms with van der Waals surface area (Å²) >= 11 is 0. The molecule has 2 rings (SSSR count). The summed E-state index contributed by atoms with van der Waals surface area (Å²) in [6.07, 6.45) is 0. The van der Waals surface area contributed by atoms with E-state index in [1.165, 1.54) is 6.07 Å². The number of nitrogens with one attached hydrogen (secondary N) is 1.